The lowest BCUT2D eigenvalue weighted by Gasteiger charge is -2.21. The first kappa shape index (κ1) is 14.7. The molecule has 0 amide bonds. The summed E-state index contributed by atoms with van der Waals surface area (Å²) in [5.41, 5.74) is -1.12. The number of hydrogen-bond donors (Lipinski definition) is 0. The first-order valence-electron chi connectivity index (χ1n) is 6.24. The SMILES string of the molecule is C#CC(C)(C)Oc1cc(OC(C)=O)cc2oc(=O)ccc12. The van der Waals surface area contributed by atoms with Crippen molar-refractivity contribution in [2.24, 2.45) is 0 Å². The van der Waals surface area contributed by atoms with E-state index in [-0.39, 0.29) is 11.3 Å². The van der Waals surface area contributed by atoms with Gasteiger partial charge in [0.15, 0.2) is 5.60 Å². The van der Waals surface area contributed by atoms with Crippen LogP contribution in [0.2, 0.25) is 0 Å². The van der Waals surface area contributed by atoms with E-state index >= 15 is 0 Å². The molecule has 0 saturated heterocycles. The molecular formula is C16H14O5. The Labute approximate surface area is 121 Å². The quantitative estimate of drug-likeness (QED) is 0.375. The third-order valence-electron chi connectivity index (χ3n) is 2.65. The third-order valence-corrected chi connectivity index (χ3v) is 2.65. The molecule has 0 unspecified atom stereocenters. The molecule has 0 atom stereocenters. The van der Waals surface area contributed by atoms with Crippen LogP contribution in [0.4, 0.5) is 0 Å². The Kier molecular flexibility index (Phi) is 3.72. The molecular weight excluding hydrogens is 272 g/mol. The van der Waals surface area contributed by atoms with Gasteiger partial charge < -0.3 is 13.9 Å². The summed E-state index contributed by atoms with van der Waals surface area (Å²) in [4.78, 5) is 22.4. The van der Waals surface area contributed by atoms with Gasteiger partial charge in [-0.1, -0.05) is 5.92 Å². The van der Waals surface area contributed by atoms with Gasteiger partial charge in [0.1, 0.15) is 17.1 Å². The normalized spacial score (nSPS) is 11.0. The molecule has 0 N–H and O–H groups in total. The number of terminal acetylenes is 1. The van der Waals surface area contributed by atoms with Crippen LogP contribution in [-0.4, -0.2) is 11.6 Å². The molecule has 0 saturated carbocycles. The molecule has 0 fully saturated rings. The number of hydrogen-bond acceptors (Lipinski definition) is 5. The molecule has 108 valence electrons. The molecule has 0 bridgehead atoms. The van der Waals surface area contributed by atoms with Crippen molar-refractivity contribution in [1.29, 1.82) is 0 Å². The van der Waals surface area contributed by atoms with E-state index in [9.17, 15) is 9.59 Å². The molecule has 5 heteroatoms. The highest BCUT2D eigenvalue weighted by Crippen LogP contribution is 2.32. The molecule has 0 spiro atoms. The Bertz CT molecular complexity index is 792. The minimum atomic E-state index is -0.863. The number of ether oxygens (including phenoxy) is 2. The Morgan fingerprint density at radius 1 is 1.33 bits per heavy atom. The second-order valence-corrected chi connectivity index (χ2v) is 4.94. The van der Waals surface area contributed by atoms with Crippen molar-refractivity contribution in [3.63, 3.8) is 0 Å². The summed E-state index contributed by atoms with van der Waals surface area (Å²) in [6.07, 6.45) is 5.41. The van der Waals surface area contributed by atoms with Crippen LogP contribution in [-0.2, 0) is 4.79 Å². The highest BCUT2D eigenvalue weighted by atomic mass is 16.5. The van der Waals surface area contributed by atoms with Gasteiger partial charge >= 0.3 is 11.6 Å². The van der Waals surface area contributed by atoms with E-state index in [0.717, 1.165) is 0 Å². The average Bonchev–Trinajstić information content (AvgIpc) is 2.37. The van der Waals surface area contributed by atoms with E-state index in [1.165, 1.54) is 25.1 Å². The van der Waals surface area contributed by atoms with Crippen molar-refractivity contribution >= 4 is 16.9 Å². The summed E-state index contributed by atoms with van der Waals surface area (Å²) >= 11 is 0. The second-order valence-electron chi connectivity index (χ2n) is 4.94. The Balaban J connectivity index is 2.63. The van der Waals surface area contributed by atoms with Crippen molar-refractivity contribution in [3.8, 4) is 23.8 Å². The number of fused-ring (bicyclic) bond motifs is 1. The molecule has 0 aliphatic carbocycles. The molecule has 2 rings (SSSR count). The predicted octanol–water partition coefficient (Wildman–Crippen LogP) is 2.51. The van der Waals surface area contributed by atoms with Crippen LogP contribution < -0.4 is 15.1 Å². The van der Waals surface area contributed by atoms with Gasteiger partial charge in [0.25, 0.3) is 0 Å². The fraction of sp³-hybridized carbons (Fsp3) is 0.250. The number of benzene rings is 1. The molecule has 21 heavy (non-hydrogen) atoms. The van der Waals surface area contributed by atoms with Gasteiger partial charge in [0.05, 0.1) is 5.39 Å². The first-order chi connectivity index (χ1) is 9.80. The van der Waals surface area contributed by atoms with Crippen LogP contribution in [0.5, 0.6) is 11.5 Å². The summed E-state index contributed by atoms with van der Waals surface area (Å²) in [7, 11) is 0. The number of carbonyl (C=O) groups is 1. The largest absolute Gasteiger partial charge is 0.474 e. The maximum absolute atomic E-state index is 11.3. The highest BCUT2D eigenvalue weighted by molar-refractivity contribution is 5.86. The van der Waals surface area contributed by atoms with Crippen LogP contribution in [0.25, 0.3) is 11.0 Å². The van der Waals surface area contributed by atoms with Gasteiger partial charge in [-0.3, -0.25) is 4.79 Å². The van der Waals surface area contributed by atoms with Gasteiger partial charge in [0.2, 0.25) is 0 Å². The van der Waals surface area contributed by atoms with Crippen LogP contribution in [0.1, 0.15) is 20.8 Å². The molecule has 0 aliphatic heterocycles. The maximum atomic E-state index is 11.3. The lowest BCUT2D eigenvalue weighted by molar-refractivity contribution is -0.131. The first-order valence-corrected chi connectivity index (χ1v) is 6.24. The second kappa shape index (κ2) is 5.33. The van der Waals surface area contributed by atoms with Crippen molar-refractivity contribution in [1.82, 2.24) is 0 Å². The Hall–Kier alpha value is -2.74. The smallest absolute Gasteiger partial charge is 0.336 e. The fourth-order valence-corrected chi connectivity index (χ4v) is 1.73. The Morgan fingerprint density at radius 3 is 2.67 bits per heavy atom. The van der Waals surface area contributed by atoms with Gasteiger partial charge in [-0.15, -0.1) is 6.42 Å². The third kappa shape index (κ3) is 3.42. The summed E-state index contributed by atoms with van der Waals surface area (Å²) < 4.78 is 15.8. The van der Waals surface area contributed by atoms with Gasteiger partial charge in [-0.2, -0.15) is 0 Å². The van der Waals surface area contributed by atoms with E-state index in [2.05, 4.69) is 5.92 Å². The standard InChI is InChI=1S/C16H14O5/c1-5-16(3,4)21-14-9-11(19-10(2)17)8-13-12(14)6-7-15(18)20-13/h1,6-9H,2-4H3. The van der Waals surface area contributed by atoms with Crippen molar-refractivity contribution in [2.45, 2.75) is 26.4 Å². The van der Waals surface area contributed by atoms with Crippen LogP contribution >= 0.6 is 0 Å². The van der Waals surface area contributed by atoms with Crippen molar-refractivity contribution < 1.29 is 18.7 Å². The average molecular weight is 286 g/mol. The molecule has 1 aromatic heterocycles. The number of carbonyl (C=O) groups excluding carboxylic acids is 1. The lowest BCUT2D eigenvalue weighted by atomic mass is 10.1. The van der Waals surface area contributed by atoms with E-state index in [1.807, 2.05) is 0 Å². The lowest BCUT2D eigenvalue weighted by Crippen LogP contribution is -2.25. The zero-order valence-electron chi connectivity index (χ0n) is 11.9. The topological polar surface area (TPSA) is 65.7 Å². The van der Waals surface area contributed by atoms with E-state index in [0.29, 0.717) is 11.1 Å². The van der Waals surface area contributed by atoms with Crippen LogP contribution in [0.3, 0.4) is 0 Å². The minimum Gasteiger partial charge on any atom is -0.474 e. The van der Waals surface area contributed by atoms with E-state index in [4.69, 9.17) is 20.3 Å². The van der Waals surface area contributed by atoms with Gasteiger partial charge in [-0.05, 0) is 19.9 Å². The summed E-state index contributed by atoms with van der Waals surface area (Å²) in [6, 6.07) is 5.83. The predicted molar refractivity (Wildman–Crippen MR) is 77.3 cm³/mol. The fourth-order valence-electron chi connectivity index (χ4n) is 1.73. The van der Waals surface area contributed by atoms with E-state index in [1.54, 1.807) is 19.9 Å². The Morgan fingerprint density at radius 2 is 2.05 bits per heavy atom. The summed E-state index contributed by atoms with van der Waals surface area (Å²) in [5.74, 6) is 2.60. The van der Waals surface area contributed by atoms with Gasteiger partial charge in [0, 0.05) is 25.1 Å². The summed E-state index contributed by atoms with van der Waals surface area (Å²) in [6.45, 7) is 4.71. The van der Waals surface area contributed by atoms with Crippen LogP contribution in [0.15, 0.2) is 33.5 Å². The summed E-state index contributed by atoms with van der Waals surface area (Å²) in [5, 5.41) is 0.564. The number of esters is 1. The minimum absolute atomic E-state index is 0.215. The molecule has 5 nitrogen and oxygen atoms in total. The monoisotopic (exact) mass is 286 g/mol. The van der Waals surface area contributed by atoms with Crippen LogP contribution in [0, 0.1) is 12.3 Å². The number of rotatable bonds is 3. The van der Waals surface area contributed by atoms with E-state index < -0.39 is 17.2 Å². The molecule has 0 aliphatic rings. The zero-order chi connectivity index (χ0) is 15.6. The molecule has 1 heterocycles. The molecule has 1 aromatic carbocycles. The molecule has 2 aromatic rings. The van der Waals surface area contributed by atoms with Gasteiger partial charge in [-0.25, -0.2) is 4.79 Å². The van der Waals surface area contributed by atoms with Crippen molar-refractivity contribution in [2.75, 3.05) is 0 Å². The highest BCUT2D eigenvalue weighted by Gasteiger charge is 2.19. The molecule has 0 radical (unpaired) electrons. The van der Waals surface area contributed by atoms with Crippen molar-refractivity contribution in [3.05, 3.63) is 34.7 Å². The zero-order valence-corrected chi connectivity index (χ0v) is 11.9. The maximum Gasteiger partial charge on any atom is 0.336 e.